The molecule has 0 aliphatic carbocycles. The van der Waals surface area contributed by atoms with Crippen molar-refractivity contribution < 1.29 is 9.90 Å². The van der Waals surface area contributed by atoms with E-state index in [0.717, 1.165) is 0 Å². The zero-order valence-electron chi connectivity index (χ0n) is 9.61. The van der Waals surface area contributed by atoms with Gasteiger partial charge in [-0.05, 0) is 19.9 Å². The molecule has 0 aliphatic rings. The fraction of sp³-hybridized carbons (Fsp3) is 0.182. The molecule has 0 saturated heterocycles. The molecule has 2 aromatic rings. The first-order chi connectivity index (χ1) is 8.41. The summed E-state index contributed by atoms with van der Waals surface area (Å²) in [5, 5.41) is 13.8. The third kappa shape index (κ3) is 2.07. The molecule has 2 heterocycles. The van der Waals surface area contributed by atoms with Gasteiger partial charge in [-0.25, -0.2) is 14.5 Å². The Hall–Kier alpha value is -1.59. The topological polar surface area (TPSA) is 68.0 Å². The Morgan fingerprint density at radius 1 is 1.39 bits per heavy atom. The Kier molecular flexibility index (Phi) is 3.28. The van der Waals surface area contributed by atoms with Gasteiger partial charge in [0.15, 0.2) is 5.82 Å². The molecule has 0 amide bonds. The second-order valence-electron chi connectivity index (χ2n) is 3.73. The van der Waals surface area contributed by atoms with Crippen molar-refractivity contribution in [2.24, 2.45) is 0 Å². The Bertz CT molecular complexity index is 637. The predicted molar refractivity (Wildman–Crippen MR) is 67.8 cm³/mol. The molecule has 0 atom stereocenters. The van der Waals surface area contributed by atoms with Gasteiger partial charge in [0.25, 0.3) is 0 Å². The molecule has 0 fully saturated rings. The number of aromatic carboxylic acids is 1. The van der Waals surface area contributed by atoms with Crippen LogP contribution in [0.25, 0.3) is 5.82 Å². The lowest BCUT2D eigenvalue weighted by Gasteiger charge is -2.06. The van der Waals surface area contributed by atoms with Crippen molar-refractivity contribution in [2.45, 2.75) is 13.8 Å². The molecule has 0 aliphatic heterocycles. The van der Waals surface area contributed by atoms with Gasteiger partial charge in [-0.1, -0.05) is 23.2 Å². The van der Waals surface area contributed by atoms with Gasteiger partial charge in [-0.15, -0.1) is 0 Å². The summed E-state index contributed by atoms with van der Waals surface area (Å²) in [6.45, 7) is 3.55. The van der Waals surface area contributed by atoms with Crippen LogP contribution in [0.15, 0.2) is 12.3 Å². The van der Waals surface area contributed by atoms with Crippen LogP contribution in [0.5, 0.6) is 0 Å². The van der Waals surface area contributed by atoms with Crippen LogP contribution in [-0.4, -0.2) is 25.8 Å². The van der Waals surface area contributed by atoms with Crippen LogP contribution in [0.3, 0.4) is 0 Å². The van der Waals surface area contributed by atoms with Crippen LogP contribution in [0.2, 0.25) is 10.0 Å². The van der Waals surface area contributed by atoms with E-state index < -0.39 is 5.97 Å². The van der Waals surface area contributed by atoms with Gasteiger partial charge >= 0.3 is 5.97 Å². The van der Waals surface area contributed by atoms with Gasteiger partial charge in [-0.3, -0.25) is 0 Å². The number of aromatic nitrogens is 3. The molecule has 0 saturated carbocycles. The zero-order chi connectivity index (χ0) is 13.4. The van der Waals surface area contributed by atoms with Crippen LogP contribution < -0.4 is 0 Å². The molecule has 7 heteroatoms. The monoisotopic (exact) mass is 285 g/mol. The number of carbonyl (C=O) groups is 1. The molecule has 94 valence electrons. The van der Waals surface area contributed by atoms with Crippen LogP contribution in [0.1, 0.15) is 21.7 Å². The lowest BCUT2D eigenvalue weighted by atomic mass is 10.3. The first-order valence-electron chi connectivity index (χ1n) is 5.02. The van der Waals surface area contributed by atoms with E-state index in [0.29, 0.717) is 22.2 Å². The Labute approximate surface area is 113 Å². The van der Waals surface area contributed by atoms with Gasteiger partial charge in [0.1, 0.15) is 0 Å². The highest BCUT2D eigenvalue weighted by Crippen LogP contribution is 2.25. The van der Waals surface area contributed by atoms with E-state index in [1.165, 1.54) is 16.9 Å². The highest BCUT2D eigenvalue weighted by Gasteiger charge is 2.15. The van der Waals surface area contributed by atoms with E-state index in [1.807, 2.05) is 0 Å². The number of aryl methyl sites for hydroxylation is 1. The first kappa shape index (κ1) is 12.9. The fourth-order valence-corrected chi connectivity index (χ4v) is 1.90. The maximum absolute atomic E-state index is 10.8. The number of nitrogens with zero attached hydrogens (tertiary/aromatic N) is 3. The molecule has 0 aromatic carbocycles. The molecular weight excluding hydrogens is 277 g/mol. The average molecular weight is 286 g/mol. The van der Waals surface area contributed by atoms with Crippen molar-refractivity contribution in [1.29, 1.82) is 0 Å². The van der Waals surface area contributed by atoms with Crippen molar-refractivity contribution >= 4 is 29.2 Å². The van der Waals surface area contributed by atoms with Crippen molar-refractivity contribution in [3.05, 3.63) is 39.3 Å². The molecule has 2 rings (SSSR count). The highest BCUT2D eigenvalue weighted by atomic mass is 35.5. The van der Waals surface area contributed by atoms with Gasteiger partial charge < -0.3 is 5.11 Å². The van der Waals surface area contributed by atoms with E-state index in [4.69, 9.17) is 28.3 Å². The Balaban J connectivity index is 2.58. The Morgan fingerprint density at radius 3 is 2.50 bits per heavy atom. The average Bonchev–Trinajstić information content (AvgIpc) is 2.57. The summed E-state index contributed by atoms with van der Waals surface area (Å²) in [6, 6.07) is 1.33. The maximum Gasteiger partial charge on any atom is 0.337 e. The van der Waals surface area contributed by atoms with E-state index in [2.05, 4.69) is 10.1 Å². The number of hydrogen-bond acceptors (Lipinski definition) is 3. The SMILES string of the molecule is Cc1nn(-c2ncc(C(=O)O)cc2Cl)c(C)c1Cl. The van der Waals surface area contributed by atoms with E-state index in [-0.39, 0.29) is 10.6 Å². The smallest absolute Gasteiger partial charge is 0.337 e. The number of rotatable bonds is 2. The molecule has 0 spiro atoms. The molecule has 1 N–H and O–H groups in total. The fourth-order valence-electron chi connectivity index (χ4n) is 1.53. The number of hydrogen-bond donors (Lipinski definition) is 1. The molecule has 18 heavy (non-hydrogen) atoms. The van der Waals surface area contributed by atoms with Crippen molar-refractivity contribution in [3.8, 4) is 5.82 Å². The molecule has 5 nitrogen and oxygen atoms in total. The minimum Gasteiger partial charge on any atom is -0.478 e. The second kappa shape index (κ2) is 4.59. The quantitative estimate of drug-likeness (QED) is 0.921. The van der Waals surface area contributed by atoms with Crippen molar-refractivity contribution in [1.82, 2.24) is 14.8 Å². The third-order valence-corrected chi connectivity index (χ3v) is 3.30. The van der Waals surface area contributed by atoms with Gasteiger partial charge in [0.05, 0.1) is 27.0 Å². The van der Waals surface area contributed by atoms with Crippen LogP contribution in [-0.2, 0) is 0 Å². The van der Waals surface area contributed by atoms with E-state index in [9.17, 15) is 4.79 Å². The minimum absolute atomic E-state index is 0.0244. The summed E-state index contributed by atoms with van der Waals surface area (Å²) < 4.78 is 1.49. The second-order valence-corrected chi connectivity index (χ2v) is 4.52. The number of pyridine rings is 1. The summed E-state index contributed by atoms with van der Waals surface area (Å²) in [5.41, 5.74) is 1.39. The summed E-state index contributed by atoms with van der Waals surface area (Å²) in [5.74, 6) is -0.725. The molecule has 0 radical (unpaired) electrons. The lowest BCUT2D eigenvalue weighted by Crippen LogP contribution is -2.05. The van der Waals surface area contributed by atoms with Gasteiger partial charge in [0, 0.05) is 6.20 Å². The molecular formula is C11H9Cl2N3O2. The van der Waals surface area contributed by atoms with Crippen molar-refractivity contribution in [2.75, 3.05) is 0 Å². The van der Waals surface area contributed by atoms with Gasteiger partial charge in [-0.2, -0.15) is 5.10 Å². The number of carboxylic acid groups (broad SMARTS) is 1. The standard InChI is InChI=1S/C11H9Cl2N3O2/c1-5-9(13)6(2)16(15-5)10-8(12)3-7(4-14-10)11(17)18/h3-4H,1-2H3,(H,17,18). The van der Waals surface area contributed by atoms with Crippen LogP contribution >= 0.6 is 23.2 Å². The minimum atomic E-state index is -1.08. The number of halogens is 2. The largest absolute Gasteiger partial charge is 0.478 e. The highest BCUT2D eigenvalue weighted by molar-refractivity contribution is 6.33. The summed E-state index contributed by atoms with van der Waals surface area (Å²) in [7, 11) is 0. The van der Waals surface area contributed by atoms with E-state index >= 15 is 0 Å². The lowest BCUT2D eigenvalue weighted by molar-refractivity contribution is 0.0696. The summed E-state index contributed by atoms with van der Waals surface area (Å²) in [6.07, 6.45) is 1.23. The van der Waals surface area contributed by atoms with Crippen molar-refractivity contribution in [3.63, 3.8) is 0 Å². The normalized spacial score (nSPS) is 10.7. The van der Waals surface area contributed by atoms with Gasteiger partial charge in [0.2, 0.25) is 0 Å². The summed E-state index contributed by atoms with van der Waals surface area (Å²) in [4.78, 5) is 14.8. The van der Waals surface area contributed by atoms with Crippen LogP contribution in [0.4, 0.5) is 0 Å². The Morgan fingerprint density at radius 2 is 2.06 bits per heavy atom. The first-order valence-corrected chi connectivity index (χ1v) is 5.78. The zero-order valence-corrected chi connectivity index (χ0v) is 11.1. The summed E-state index contributed by atoms with van der Waals surface area (Å²) >= 11 is 12.0. The molecule has 0 bridgehead atoms. The molecule has 2 aromatic heterocycles. The predicted octanol–water partition coefficient (Wildman–Crippen LogP) is 2.89. The maximum atomic E-state index is 10.8. The van der Waals surface area contributed by atoms with Crippen LogP contribution in [0, 0.1) is 13.8 Å². The van der Waals surface area contributed by atoms with E-state index in [1.54, 1.807) is 13.8 Å². The third-order valence-electron chi connectivity index (χ3n) is 2.47. The number of carboxylic acids is 1. The molecule has 0 unspecified atom stereocenters.